The van der Waals surface area contributed by atoms with Crippen LogP contribution in [0.4, 0.5) is 0 Å². The van der Waals surface area contributed by atoms with Crippen LogP contribution in [-0.4, -0.2) is 25.1 Å². The second-order valence-electron chi connectivity index (χ2n) is 3.57. The lowest BCUT2D eigenvalue weighted by atomic mass is 9.82. The van der Waals surface area contributed by atoms with Crippen molar-refractivity contribution >= 4 is 5.96 Å². The van der Waals surface area contributed by atoms with Crippen molar-refractivity contribution in [2.75, 3.05) is 13.1 Å². The van der Waals surface area contributed by atoms with Crippen molar-refractivity contribution < 1.29 is 0 Å². The highest BCUT2D eigenvalue weighted by molar-refractivity contribution is 5.81. The van der Waals surface area contributed by atoms with Crippen molar-refractivity contribution in [3.8, 4) is 0 Å². The maximum atomic E-state index is 4.28. The molecular weight excluding hydrogens is 138 g/mol. The molecule has 3 nitrogen and oxygen atoms in total. The summed E-state index contributed by atoms with van der Waals surface area (Å²) in [5.74, 6) is 1.93. The van der Waals surface area contributed by atoms with E-state index in [1.54, 1.807) is 0 Å². The molecule has 0 bridgehead atoms. The molecular formula is C8H15N3. The van der Waals surface area contributed by atoms with Gasteiger partial charge in [-0.1, -0.05) is 6.92 Å². The van der Waals surface area contributed by atoms with Crippen LogP contribution in [0.1, 0.15) is 19.8 Å². The van der Waals surface area contributed by atoms with Gasteiger partial charge in [-0.05, 0) is 18.8 Å². The van der Waals surface area contributed by atoms with Gasteiger partial charge in [0.2, 0.25) is 0 Å². The molecule has 3 heteroatoms. The average molecular weight is 153 g/mol. The van der Waals surface area contributed by atoms with Crippen LogP contribution in [0, 0.1) is 5.92 Å². The number of aliphatic imine (C=N–C) groups is 1. The molecule has 1 heterocycles. The lowest BCUT2D eigenvalue weighted by Crippen LogP contribution is -2.47. The zero-order chi connectivity index (χ0) is 7.68. The molecule has 1 saturated carbocycles. The van der Waals surface area contributed by atoms with E-state index in [1.807, 2.05) is 0 Å². The second kappa shape index (κ2) is 2.72. The fourth-order valence-electron chi connectivity index (χ4n) is 1.71. The smallest absolute Gasteiger partial charge is 0.191 e. The van der Waals surface area contributed by atoms with E-state index in [4.69, 9.17) is 0 Å². The third kappa shape index (κ3) is 1.47. The Morgan fingerprint density at radius 1 is 1.55 bits per heavy atom. The van der Waals surface area contributed by atoms with E-state index in [2.05, 4.69) is 22.5 Å². The lowest BCUT2D eigenvalue weighted by molar-refractivity contribution is 0.267. The SMILES string of the molecule is CC1CC(NC2=NCCN2)C1. The Morgan fingerprint density at radius 3 is 2.91 bits per heavy atom. The fraction of sp³-hybridized carbons (Fsp3) is 0.875. The Bertz CT molecular complexity index is 170. The summed E-state index contributed by atoms with van der Waals surface area (Å²) < 4.78 is 0. The molecule has 2 N–H and O–H groups in total. The summed E-state index contributed by atoms with van der Waals surface area (Å²) in [7, 11) is 0. The second-order valence-corrected chi connectivity index (χ2v) is 3.57. The summed E-state index contributed by atoms with van der Waals surface area (Å²) in [5, 5.41) is 6.59. The summed E-state index contributed by atoms with van der Waals surface area (Å²) in [5.41, 5.74) is 0. The highest BCUT2D eigenvalue weighted by Crippen LogP contribution is 2.26. The van der Waals surface area contributed by atoms with Gasteiger partial charge in [-0.15, -0.1) is 0 Å². The first-order valence-electron chi connectivity index (χ1n) is 4.39. The molecule has 0 spiro atoms. The van der Waals surface area contributed by atoms with Crippen molar-refractivity contribution in [1.82, 2.24) is 10.6 Å². The van der Waals surface area contributed by atoms with Gasteiger partial charge >= 0.3 is 0 Å². The van der Waals surface area contributed by atoms with Gasteiger partial charge in [0.1, 0.15) is 0 Å². The van der Waals surface area contributed by atoms with Crippen LogP contribution in [-0.2, 0) is 0 Å². The molecule has 1 aliphatic heterocycles. The molecule has 0 amide bonds. The fourth-order valence-corrected chi connectivity index (χ4v) is 1.71. The van der Waals surface area contributed by atoms with Gasteiger partial charge < -0.3 is 10.6 Å². The molecule has 0 saturated heterocycles. The summed E-state index contributed by atoms with van der Waals surface area (Å²) >= 11 is 0. The van der Waals surface area contributed by atoms with Gasteiger partial charge in [-0.2, -0.15) is 0 Å². The monoisotopic (exact) mass is 153 g/mol. The molecule has 62 valence electrons. The first-order valence-corrected chi connectivity index (χ1v) is 4.39. The first-order chi connectivity index (χ1) is 5.34. The Hall–Kier alpha value is -0.730. The highest BCUT2D eigenvalue weighted by Gasteiger charge is 2.26. The van der Waals surface area contributed by atoms with Crippen molar-refractivity contribution in [2.24, 2.45) is 10.9 Å². The van der Waals surface area contributed by atoms with Crippen LogP contribution < -0.4 is 10.6 Å². The molecule has 0 radical (unpaired) electrons. The van der Waals surface area contributed by atoms with Crippen molar-refractivity contribution in [2.45, 2.75) is 25.8 Å². The third-order valence-corrected chi connectivity index (χ3v) is 2.39. The van der Waals surface area contributed by atoms with Gasteiger partial charge in [0.05, 0.1) is 6.54 Å². The molecule has 11 heavy (non-hydrogen) atoms. The Labute approximate surface area is 67.3 Å². The zero-order valence-electron chi connectivity index (χ0n) is 6.93. The van der Waals surface area contributed by atoms with Crippen molar-refractivity contribution in [3.63, 3.8) is 0 Å². The number of nitrogens with zero attached hydrogens (tertiary/aromatic N) is 1. The zero-order valence-corrected chi connectivity index (χ0v) is 6.93. The molecule has 2 rings (SSSR count). The van der Waals surface area contributed by atoms with Crippen LogP contribution in [0.5, 0.6) is 0 Å². The van der Waals surface area contributed by atoms with Crippen LogP contribution in [0.2, 0.25) is 0 Å². The Kier molecular flexibility index (Phi) is 1.72. The van der Waals surface area contributed by atoms with Crippen LogP contribution >= 0.6 is 0 Å². The van der Waals surface area contributed by atoms with Gasteiger partial charge in [0.15, 0.2) is 5.96 Å². The topological polar surface area (TPSA) is 36.4 Å². The quantitative estimate of drug-likeness (QED) is 0.569. The van der Waals surface area contributed by atoms with Gasteiger partial charge in [0.25, 0.3) is 0 Å². The van der Waals surface area contributed by atoms with E-state index in [9.17, 15) is 0 Å². The van der Waals surface area contributed by atoms with E-state index < -0.39 is 0 Å². The maximum absolute atomic E-state index is 4.28. The first kappa shape index (κ1) is 6.95. The van der Waals surface area contributed by atoms with E-state index >= 15 is 0 Å². The number of nitrogens with one attached hydrogen (secondary N) is 2. The largest absolute Gasteiger partial charge is 0.355 e. The average Bonchev–Trinajstić information content (AvgIpc) is 2.36. The number of hydrogen-bond donors (Lipinski definition) is 2. The van der Waals surface area contributed by atoms with Crippen molar-refractivity contribution in [1.29, 1.82) is 0 Å². The van der Waals surface area contributed by atoms with Gasteiger partial charge in [-0.3, -0.25) is 4.99 Å². The molecule has 1 fully saturated rings. The minimum absolute atomic E-state index is 0.689. The predicted octanol–water partition coefficient (Wildman–Crippen LogP) is 0.334. The highest BCUT2D eigenvalue weighted by atomic mass is 15.2. The van der Waals surface area contributed by atoms with Gasteiger partial charge in [-0.25, -0.2) is 0 Å². The Morgan fingerprint density at radius 2 is 2.36 bits per heavy atom. The molecule has 2 aliphatic rings. The molecule has 0 aromatic heterocycles. The number of guanidine groups is 1. The van der Waals surface area contributed by atoms with E-state index in [-0.39, 0.29) is 0 Å². The maximum Gasteiger partial charge on any atom is 0.191 e. The number of hydrogen-bond acceptors (Lipinski definition) is 3. The molecule has 1 aliphatic carbocycles. The molecule has 0 atom stereocenters. The summed E-state index contributed by atoms with van der Waals surface area (Å²) in [4.78, 5) is 4.28. The minimum atomic E-state index is 0.689. The summed E-state index contributed by atoms with van der Waals surface area (Å²) in [6, 6.07) is 0.689. The number of rotatable bonds is 1. The molecule has 0 unspecified atom stereocenters. The van der Waals surface area contributed by atoms with Crippen LogP contribution in [0.15, 0.2) is 4.99 Å². The van der Waals surface area contributed by atoms with Crippen molar-refractivity contribution in [3.05, 3.63) is 0 Å². The Balaban J connectivity index is 1.74. The van der Waals surface area contributed by atoms with E-state index in [0.29, 0.717) is 6.04 Å². The predicted molar refractivity (Wildman–Crippen MR) is 45.6 cm³/mol. The minimum Gasteiger partial charge on any atom is -0.355 e. The van der Waals surface area contributed by atoms with Crippen LogP contribution in [0.3, 0.4) is 0 Å². The van der Waals surface area contributed by atoms with Crippen LogP contribution in [0.25, 0.3) is 0 Å². The standard InChI is InChI=1S/C8H15N3/c1-6-4-7(5-6)11-8-9-2-3-10-8/h6-7H,2-5H2,1H3,(H2,9,10,11). The molecule has 0 aromatic rings. The summed E-state index contributed by atoms with van der Waals surface area (Å²) in [6.07, 6.45) is 2.61. The molecule has 0 aromatic carbocycles. The van der Waals surface area contributed by atoms with Gasteiger partial charge in [0, 0.05) is 12.6 Å². The normalized spacial score (nSPS) is 35.5. The summed E-state index contributed by atoms with van der Waals surface area (Å²) in [6.45, 7) is 4.23. The van der Waals surface area contributed by atoms with E-state index in [0.717, 1.165) is 25.0 Å². The van der Waals surface area contributed by atoms with E-state index in [1.165, 1.54) is 12.8 Å². The lowest BCUT2D eigenvalue weighted by Gasteiger charge is -2.33. The third-order valence-electron chi connectivity index (χ3n) is 2.39.